The maximum absolute atomic E-state index is 8.06. The van der Waals surface area contributed by atoms with Crippen LogP contribution >= 0.6 is 0 Å². The summed E-state index contributed by atoms with van der Waals surface area (Å²) >= 11 is 0. The van der Waals surface area contributed by atoms with Crippen LogP contribution in [0.2, 0.25) is 0 Å². The van der Waals surface area contributed by atoms with Crippen LogP contribution < -0.4 is 0 Å². The van der Waals surface area contributed by atoms with Gasteiger partial charge in [0.25, 0.3) is 0 Å². The fourth-order valence-corrected chi connectivity index (χ4v) is 0.887. The molecule has 0 aromatic carbocycles. The lowest BCUT2D eigenvalue weighted by atomic mass is 10.1. The fourth-order valence-electron chi connectivity index (χ4n) is 0.887. The molecule has 0 aromatic heterocycles. The van der Waals surface area contributed by atoms with E-state index in [1.807, 2.05) is 31.2 Å². The Morgan fingerprint density at radius 3 is 2.73 bits per heavy atom. The number of rotatable bonds is 2. The first-order chi connectivity index (χ1) is 5.34. The Labute approximate surface area is 65.4 Å². The molecule has 0 fully saturated rings. The van der Waals surface area contributed by atoms with Gasteiger partial charge >= 0.3 is 0 Å². The SMILES string of the molecule is CC(CN=[N+]=[N-])=C1C=CC=C1. The molecule has 0 heterocycles. The van der Waals surface area contributed by atoms with Crippen LogP contribution in [0, 0.1) is 0 Å². The van der Waals surface area contributed by atoms with Crippen molar-refractivity contribution in [3.05, 3.63) is 45.9 Å². The minimum atomic E-state index is 0.459. The van der Waals surface area contributed by atoms with Gasteiger partial charge in [-0.05, 0) is 18.0 Å². The highest BCUT2D eigenvalue weighted by Crippen LogP contribution is 2.12. The van der Waals surface area contributed by atoms with Crippen LogP contribution in [-0.2, 0) is 0 Å². The number of hydrogen-bond donors (Lipinski definition) is 0. The molecule has 3 nitrogen and oxygen atoms in total. The van der Waals surface area contributed by atoms with E-state index in [2.05, 4.69) is 10.0 Å². The van der Waals surface area contributed by atoms with E-state index >= 15 is 0 Å². The third-order valence-electron chi connectivity index (χ3n) is 1.53. The molecule has 3 heteroatoms. The molecule has 0 spiro atoms. The van der Waals surface area contributed by atoms with Crippen molar-refractivity contribution in [1.29, 1.82) is 0 Å². The number of allylic oxidation sites excluding steroid dienone is 5. The van der Waals surface area contributed by atoms with E-state index in [1.165, 1.54) is 0 Å². The lowest BCUT2D eigenvalue weighted by Gasteiger charge is -1.96. The number of azide groups is 1. The molecule has 0 aromatic rings. The Balaban J connectivity index is 2.71. The van der Waals surface area contributed by atoms with E-state index in [0.29, 0.717) is 6.54 Å². The highest BCUT2D eigenvalue weighted by molar-refractivity contribution is 5.43. The molecule has 11 heavy (non-hydrogen) atoms. The molecule has 0 unspecified atom stereocenters. The molecule has 0 saturated carbocycles. The van der Waals surface area contributed by atoms with Crippen molar-refractivity contribution < 1.29 is 0 Å². The van der Waals surface area contributed by atoms with Gasteiger partial charge in [0.2, 0.25) is 0 Å². The summed E-state index contributed by atoms with van der Waals surface area (Å²) in [4.78, 5) is 2.69. The van der Waals surface area contributed by atoms with E-state index in [1.54, 1.807) is 0 Å². The quantitative estimate of drug-likeness (QED) is 0.327. The molecule has 1 aliphatic rings. The van der Waals surface area contributed by atoms with Crippen LogP contribution in [0.15, 0.2) is 40.6 Å². The molecular formula is C8H9N3. The molecule has 56 valence electrons. The average molecular weight is 147 g/mol. The van der Waals surface area contributed by atoms with Gasteiger partial charge in [0.1, 0.15) is 0 Å². The second-order valence-corrected chi connectivity index (χ2v) is 2.34. The predicted molar refractivity (Wildman–Crippen MR) is 45.0 cm³/mol. The number of nitrogens with zero attached hydrogens (tertiary/aromatic N) is 3. The van der Waals surface area contributed by atoms with Crippen LogP contribution in [0.4, 0.5) is 0 Å². The topological polar surface area (TPSA) is 48.8 Å². The van der Waals surface area contributed by atoms with Crippen molar-refractivity contribution in [2.45, 2.75) is 6.92 Å². The van der Waals surface area contributed by atoms with Gasteiger partial charge in [0, 0.05) is 11.5 Å². The van der Waals surface area contributed by atoms with Gasteiger partial charge in [0.15, 0.2) is 0 Å². The van der Waals surface area contributed by atoms with Gasteiger partial charge in [-0.1, -0.05) is 35.0 Å². The first kappa shape index (κ1) is 7.63. The third-order valence-corrected chi connectivity index (χ3v) is 1.53. The summed E-state index contributed by atoms with van der Waals surface area (Å²) in [7, 11) is 0. The molecular weight excluding hydrogens is 138 g/mol. The summed E-state index contributed by atoms with van der Waals surface area (Å²) in [5.41, 5.74) is 10.3. The smallest absolute Gasteiger partial charge is 0.0476 e. The van der Waals surface area contributed by atoms with Gasteiger partial charge in [0.05, 0.1) is 0 Å². The molecule has 0 atom stereocenters. The summed E-state index contributed by atoms with van der Waals surface area (Å²) in [5.74, 6) is 0. The predicted octanol–water partition coefficient (Wildman–Crippen LogP) is 2.74. The lowest BCUT2D eigenvalue weighted by Crippen LogP contribution is -1.84. The Kier molecular flexibility index (Phi) is 2.53. The highest BCUT2D eigenvalue weighted by Gasteiger charge is 1.96. The first-order valence-electron chi connectivity index (χ1n) is 3.40. The van der Waals surface area contributed by atoms with Gasteiger partial charge in [-0.3, -0.25) is 0 Å². The Hall–Kier alpha value is -1.47. The molecule has 0 bridgehead atoms. The zero-order valence-electron chi connectivity index (χ0n) is 6.36. The largest absolute Gasteiger partial charge is 0.0896 e. The molecule has 0 N–H and O–H groups in total. The molecule has 0 radical (unpaired) electrons. The van der Waals surface area contributed by atoms with Crippen molar-refractivity contribution >= 4 is 0 Å². The monoisotopic (exact) mass is 147 g/mol. The summed E-state index contributed by atoms with van der Waals surface area (Å²) in [6.07, 6.45) is 7.94. The van der Waals surface area contributed by atoms with Crippen LogP contribution in [0.3, 0.4) is 0 Å². The zero-order valence-corrected chi connectivity index (χ0v) is 6.36. The van der Waals surface area contributed by atoms with E-state index < -0.39 is 0 Å². The van der Waals surface area contributed by atoms with Crippen molar-refractivity contribution in [1.82, 2.24) is 0 Å². The van der Waals surface area contributed by atoms with Crippen LogP contribution in [0.1, 0.15) is 6.92 Å². The second kappa shape index (κ2) is 3.64. The first-order valence-corrected chi connectivity index (χ1v) is 3.40. The van der Waals surface area contributed by atoms with Crippen LogP contribution in [0.5, 0.6) is 0 Å². The maximum Gasteiger partial charge on any atom is 0.0476 e. The van der Waals surface area contributed by atoms with E-state index in [0.717, 1.165) is 11.1 Å². The summed E-state index contributed by atoms with van der Waals surface area (Å²) < 4.78 is 0. The molecule has 0 saturated heterocycles. The van der Waals surface area contributed by atoms with Gasteiger partial charge in [-0.25, -0.2) is 0 Å². The van der Waals surface area contributed by atoms with Crippen LogP contribution in [-0.4, -0.2) is 6.54 Å². The molecule has 0 amide bonds. The van der Waals surface area contributed by atoms with Crippen molar-refractivity contribution in [3.8, 4) is 0 Å². The fraction of sp³-hybridized carbons (Fsp3) is 0.250. The minimum Gasteiger partial charge on any atom is -0.0896 e. The van der Waals surface area contributed by atoms with Crippen molar-refractivity contribution in [2.24, 2.45) is 5.11 Å². The second-order valence-electron chi connectivity index (χ2n) is 2.34. The van der Waals surface area contributed by atoms with E-state index in [4.69, 9.17) is 5.53 Å². The lowest BCUT2D eigenvalue weighted by molar-refractivity contribution is 1.10. The summed E-state index contributed by atoms with van der Waals surface area (Å²) in [6, 6.07) is 0. The third kappa shape index (κ3) is 1.99. The minimum absolute atomic E-state index is 0.459. The van der Waals surface area contributed by atoms with Gasteiger partial charge in [-0.15, -0.1) is 0 Å². The Morgan fingerprint density at radius 2 is 2.18 bits per heavy atom. The van der Waals surface area contributed by atoms with Gasteiger partial charge < -0.3 is 0 Å². The summed E-state index contributed by atoms with van der Waals surface area (Å²) in [5, 5.41) is 3.47. The standard InChI is InChI=1S/C8H9N3/c1-7(6-10-11-9)8-4-2-3-5-8/h2-5H,6H2,1H3. The summed E-state index contributed by atoms with van der Waals surface area (Å²) in [6.45, 7) is 2.42. The van der Waals surface area contributed by atoms with Crippen molar-refractivity contribution in [2.75, 3.05) is 6.54 Å². The van der Waals surface area contributed by atoms with E-state index in [9.17, 15) is 0 Å². The normalized spacial score (nSPS) is 13.4. The number of hydrogen-bond acceptors (Lipinski definition) is 1. The van der Waals surface area contributed by atoms with Crippen molar-refractivity contribution in [3.63, 3.8) is 0 Å². The maximum atomic E-state index is 8.06. The highest BCUT2D eigenvalue weighted by atomic mass is 15.1. The zero-order chi connectivity index (χ0) is 8.10. The van der Waals surface area contributed by atoms with E-state index in [-0.39, 0.29) is 0 Å². The Morgan fingerprint density at radius 1 is 1.55 bits per heavy atom. The van der Waals surface area contributed by atoms with Gasteiger partial charge in [-0.2, -0.15) is 0 Å². The molecule has 1 rings (SSSR count). The van der Waals surface area contributed by atoms with Crippen LogP contribution in [0.25, 0.3) is 10.4 Å². The molecule has 1 aliphatic carbocycles. The average Bonchev–Trinajstić information content (AvgIpc) is 2.52. The Bertz CT molecular complexity index is 264. The molecule has 0 aliphatic heterocycles.